The Balaban J connectivity index is 1.63. The van der Waals surface area contributed by atoms with Crippen molar-refractivity contribution >= 4 is 29.3 Å². The van der Waals surface area contributed by atoms with E-state index in [1.165, 1.54) is 54.4 Å². The van der Waals surface area contributed by atoms with Crippen molar-refractivity contribution in [1.82, 2.24) is 5.32 Å². The van der Waals surface area contributed by atoms with E-state index >= 15 is 0 Å². The Hall–Kier alpha value is -1.82. The summed E-state index contributed by atoms with van der Waals surface area (Å²) in [5.41, 5.74) is 1.98. The SMILES string of the molecule is C[C@H](SCC(=O)Nc1ccc(F)cc1)C(=O)NCCC1=CCCCC1. The molecule has 0 fully saturated rings. The summed E-state index contributed by atoms with van der Waals surface area (Å²) in [6.45, 7) is 2.45. The fraction of sp³-hybridized carbons (Fsp3) is 0.474. The molecule has 0 aliphatic heterocycles. The van der Waals surface area contributed by atoms with Crippen molar-refractivity contribution in [3.05, 3.63) is 41.7 Å². The predicted molar refractivity (Wildman–Crippen MR) is 101 cm³/mol. The van der Waals surface area contributed by atoms with Crippen LogP contribution < -0.4 is 10.6 Å². The topological polar surface area (TPSA) is 58.2 Å². The summed E-state index contributed by atoms with van der Waals surface area (Å²) in [5, 5.41) is 5.33. The molecular weight excluding hydrogens is 339 g/mol. The second kappa shape index (κ2) is 10.2. The van der Waals surface area contributed by atoms with Crippen LogP contribution in [0.3, 0.4) is 0 Å². The Kier molecular flexibility index (Phi) is 7.98. The maximum absolute atomic E-state index is 12.8. The monoisotopic (exact) mass is 364 g/mol. The van der Waals surface area contributed by atoms with Crippen LogP contribution in [0.15, 0.2) is 35.9 Å². The average Bonchev–Trinajstić information content (AvgIpc) is 2.62. The van der Waals surface area contributed by atoms with Gasteiger partial charge in [-0.15, -0.1) is 11.8 Å². The largest absolute Gasteiger partial charge is 0.355 e. The molecule has 1 atom stereocenters. The molecule has 0 radical (unpaired) electrons. The number of allylic oxidation sites excluding steroid dienone is 1. The van der Waals surface area contributed by atoms with Gasteiger partial charge >= 0.3 is 0 Å². The number of anilines is 1. The average molecular weight is 364 g/mol. The van der Waals surface area contributed by atoms with Gasteiger partial charge in [-0.05, 0) is 63.3 Å². The van der Waals surface area contributed by atoms with Crippen LogP contribution >= 0.6 is 11.8 Å². The van der Waals surface area contributed by atoms with E-state index in [1.807, 2.05) is 0 Å². The predicted octanol–water partition coefficient (Wildman–Crippen LogP) is 3.89. The third kappa shape index (κ3) is 7.30. The number of hydrogen-bond donors (Lipinski definition) is 2. The van der Waals surface area contributed by atoms with Crippen LogP contribution in [0.2, 0.25) is 0 Å². The molecule has 25 heavy (non-hydrogen) atoms. The van der Waals surface area contributed by atoms with E-state index in [1.54, 1.807) is 6.92 Å². The minimum Gasteiger partial charge on any atom is -0.355 e. The Bertz CT molecular complexity index is 616. The van der Waals surface area contributed by atoms with E-state index in [0.717, 1.165) is 19.3 Å². The van der Waals surface area contributed by atoms with E-state index in [9.17, 15) is 14.0 Å². The molecule has 1 aromatic carbocycles. The number of carbonyl (C=O) groups excluding carboxylic acids is 2. The van der Waals surface area contributed by atoms with Crippen molar-refractivity contribution in [2.75, 3.05) is 17.6 Å². The molecule has 1 aliphatic rings. The molecule has 0 saturated heterocycles. The lowest BCUT2D eigenvalue weighted by molar-refractivity contribution is -0.120. The molecule has 136 valence electrons. The lowest BCUT2D eigenvalue weighted by Crippen LogP contribution is -2.32. The van der Waals surface area contributed by atoms with Crippen LogP contribution in [0.1, 0.15) is 39.0 Å². The first-order chi connectivity index (χ1) is 12.0. The number of carbonyl (C=O) groups is 2. The fourth-order valence-corrected chi connectivity index (χ4v) is 3.34. The van der Waals surface area contributed by atoms with Crippen LogP contribution in [-0.4, -0.2) is 29.4 Å². The normalized spacial score (nSPS) is 15.2. The number of halogens is 1. The van der Waals surface area contributed by atoms with Gasteiger partial charge in [-0.25, -0.2) is 4.39 Å². The van der Waals surface area contributed by atoms with Gasteiger partial charge in [0.1, 0.15) is 5.82 Å². The van der Waals surface area contributed by atoms with Crippen LogP contribution in [0.5, 0.6) is 0 Å². The van der Waals surface area contributed by atoms with E-state index in [0.29, 0.717) is 12.2 Å². The molecule has 0 unspecified atom stereocenters. The maximum Gasteiger partial charge on any atom is 0.234 e. The number of amides is 2. The van der Waals surface area contributed by atoms with Crippen LogP contribution in [-0.2, 0) is 9.59 Å². The molecular formula is C19H25FN2O2S. The molecule has 2 amide bonds. The summed E-state index contributed by atoms with van der Waals surface area (Å²) < 4.78 is 12.8. The van der Waals surface area contributed by atoms with Gasteiger partial charge in [0.25, 0.3) is 0 Å². The van der Waals surface area contributed by atoms with Gasteiger partial charge in [0.15, 0.2) is 0 Å². The number of hydrogen-bond acceptors (Lipinski definition) is 3. The maximum atomic E-state index is 12.8. The van der Waals surface area contributed by atoms with Gasteiger partial charge in [-0.3, -0.25) is 9.59 Å². The van der Waals surface area contributed by atoms with Crippen molar-refractivity contribution < 1.29 is 14.0 Å². The quantitative estimate of drug-likeness (QED) is 0.688. The highest BCUT2D eigenvalue weighted by atomic mass is 32.2. The van der Waals surface area contributed by atoms with E-state index in [4.69, 9.17) is 0 Å². The molecule has 0 bridgehead atoms. The van der Waals surface area contributed by atoms with Gasteiger partial charge in [-0.1, -0.05) is 11.6 Å². The van der Waals surface area contributed by atoms with Gasteiger partial charge in [0.05, 0.1) is 11.0 Å². The lowest BCUT2D eigenvalue weighted by atomic mass is 9.97. The summed E-state index contributed by atoms with van der Waals surface area (Å²) in [5.74, 6) is -0.418. The highest BCUT2D eigenvalue weighted by Crippen LogP contribution is 2.19. The summed E-state index contributed by atoms with van der Waals surface area (Å²) in [7, 11) is 0. The van der Waals surface area contributed by atoms with E-state index in [-0.39, 0.29) is 28.6 Å². The third-order valence-electron chi connectivity index (χ3n) is 4.09. The molecule has 0 spiro atoms. The van der Waals surface area contributed by atoms with Crippen molar-refractivity contribution in [3.63, 3.8) is 0 Å². The smallest absolute Gasteiger partial charge is 0.234 e. The van der Waals surface area contributed by atoms with Crippen LogP contribution in [0.4, 0.5) is 10.1 Å². The van der Waals surface area contributed by atoms with Gasteiger partial charge in [0, 0.05) is 12.2 Å². The minimum atomic E-state index is -0.346. The zero-order chi connectivity index (χ0) is 18.1. The number of thioether (sulfide) groups is 1. The van der Waals surface area contributed by atoms with Crippen LogP contribution in [0.25, 0.3) is 0 Å². The van der Waals surface area contributed by atoms with Crippen LogP contribution in [0, 0.1) is 5.82 Å². The number of nitrogens with one attached hydrogen (secondary N) is 2. The highest BCUT2D eigenvalue weighted by molar-refractivity contribution is 8.01. The number of benzene rings is 1. The van der Waals surface area contributed by atoms with Gasteiger partial charge < -0.3 is 10.6 Å². The van der Waals surface area contributed by atoms with Gasteiger partial charge in [-0.2, -0.15) is 0 Å². The molecule has 6 heteroatoms. The summed E-state index contributed by atoms with van der Waals surface area (Å²) in [6, 6.07) is 5.60. The third-order valence-corrected chi connectivity index (χ3v) is 5.23. The minimum absolute atomic E-state index is 0.0454. The first kappa shape index (κ1) is 19.5. The molecule has 4 nitrogen and oxygen atoms in total. The van der Waals surface area contributed by atoms with Crippen molar-refractivity contribution in [3.8, 4) is 0 Å². The Morgan fingerprint density at radius 2 is 2.00 bits per heavy atom. The second-order valence-corrected chi connectivity index (χ2v) is 7.49. The Morgan fingerprint density at radius 3 is 2.68 bits per heavy atom. The lowest BCUT2D eigenvalue weighted by Gasteiger charge is -2.15. The molecule has 0 aromatic heterocycles. The van der Waals surface area contributed by atoms with E-state index < -0.39 is 0 Å². The first-order valence-electron chi connectivity index (χ1n) is 8.67. The Labute approximate surface area is 152 Å². The zero-order valence-corrected chi connectivity index (χ0v) is 15.3. The molecule has 0 saturated carbocycles. The fourth-order valence-electron chi connectivity index (χ4n) is 2.63. The molecule has 2 rings (SSSR count). The molecule has 2 N–H and O–H groups in total. The van der Waals surface area contributed by atoms with Crippen molar-refractivity contribution in [1.29, 1.82) is 0 Å². The Morgan fingerprint density at radius 1 is 1.24 bits per heavy atom. The van der Waals surface area contributed by atoms with Crippen molar-refractivity contribution in [2.45, 2.75) is 44.3 Å². The summed E-state index contributed by atoms with van der Waals surface area (Å²) in [6.07, 6.45) is 8.00. The standard InChI is InChI=1S/C19H25FN2O2S/c1-14(19(24)21-12-11-15-5-3-2-4-6-15)25-13-18(23)22-17-9-7-16(20)8-10-17/h5,7-10,14H,2-4,6,11-13H2,1H3,(H,21,24)(H,22,23)/t14-/m0/s1. The molecule has 0 heterocycles. The summed E-state index contributed by atoms with van der Waals surface area (Å²) in [4.78, 5) is 23.9. The zero-order valence-electron chi connectivity index (χ0n) is 14.5. The number of rotatable bonds is 8. The van der Waals surface area contributed by atoms with Gasteiger partial charge in [0.2, 0.25) is 11.8 Å². The molecule has 1 aliphatic carbocycles. The van der Waals surface area contributed by atoms with E-state index in [2.05, 4.69) is 16.7 Å². The first-order valence-corrected chi connectivity index (χ1v) is 9.72. The second-order valence-electron chi connectivity index (χ2n) is 6.16. The molecule has 1 aromatic rings. The highest BCUT2D eigenvalue weighted by Gasteiger charge is 2.15. The van der Waals surface area contributed by atoms with Crippen molar-refractivity contribution in [2.24, 2.45) is 0 Å². The summed E-state index contributed by atoms with van der Waals surface area (Å²) >= 11 is 1.29.